The molecule has 0 fully saturated rings. The van der Waals surface area contributed by atoms with Gasteiger partial charge in [-0.1, -0.05) is 81.4 Å². The number of aliphatic hydroxyl groups excluding tert-OH is 2. The van der Waals surface area contributed by atoms with Gasteiger partial charge in [-0.25, -0.2) is 0 Å². The molecule has 11 heteroatoms. The van der Waals surface area contributed by atoms with Crippen molar-refractivity contribution in [3.05, 3.63) is 60.7 Å². The van der Waals surface area contributed by atoms with Crippen LogP contribution < -0.4 is 21.0 Å². The smallest absolute Gasteiger partial charge is 0.306 e. The van der Waals surface area contributed by atoms with Crippen molar-refractivity contribution in [3.8, 4) is 0 Å². The van der Waals surface area contributed by atoms with E-state index in [4.69, 9.17) is 9.16 Å². The Bertz CT molecular complexity index is 1140. The van der Waals surface area contributed by atoms with Crippen LogP contribution in [-0.2, 0) is 28.3 Å². The van der Waals surface area contributed by atoms with Gasteiger partial charge in [0.2, 0.25) is 11.8 Å². The van der Waals surface area contributed by atoms with E-state index in [1.54, 1.807) is 0 Å². The summed E-state index contributed by atoms with van der Waals surface area (Å²) in [7, 11) is -2.74. The highest BCUT2D eigenvalue weighted by Gasteiger charge is 2.50. The molecule has 0 radical (unpaired) electrons. The quantitative estimate of drug-likeness (QED) is 0.0853. The van der Waals surface area contributed by atoms with E-state index < -0.39 is 44.7 Å². The zero-order valence-corrected chi connectivity index (χ0v) is 26.7. The van der Waals surface area contributed by atoms with Crippen LogP contribution in [0.1, 0.15) is 53.4 Å². The molecular weight excluding hydrogens is 568 g/mol. The number of aliphatic hydroxyl groups is 2. The number of hydrogen-bond acceptors (Lipinski definition) is 8. The minimum absolute atomic E-state index is 0.0110. The Kier molecular flexibility index (Phi) is 14.2. The number of ketones is 1. The first-order valence-electron chi connectivity index (χ1n) is 14.6. The van der Waals surface area contributed by atoms with Crippen LogP contribution in [0.2, 0.25) is 5.04 Å². The Balaban J connectivity index is 1.96. The van der Waals surface area contributed by atoms with Gasteiger partial charge >= 0.3 is 5.97 Å². The Hall–Kier alpha value is -3.38. The van der Waals surface area contributed by atoms with Crippen molar-refractivity contribution >= 4 is 42.3 Å². The van der Waals surface area contributed by atoms with Crippen LogP contribution in [0.5, 0.6) is 0 Å². The molecule has 0 unspecified atom stereocenters. The van der Waals surface area contributed by atoms with Crippen LogP contribution in [0.3, 0.4) is 0 Å². The molecule has 2 rings (SSSR count). The molecule has 0 heterocycles. The molecule has 10 nitrogen and oxygen atoms in total. The van der Waals surface area contributed by atoms with Crippen molar-refractivity contribution in [1.29, 1.82) is 0 Å². The van der Waals surface area contributed by atoms with E-state index in [1.807, 2.05) is 36.4 Å². The number of rotatable bonds is 18. The van der Waals surface area contributed by atoms with E-state index in [-0.39, 0.29) is 49.8 Å². The van der Waals surface area contributed by atoms with Crippen LogP contribution in [0, 0.1) is 5.41 Å². The molecule has 0 atom stereocenters. The van der Waals surface area contributed by atoms with Crippen molar-refractivity contribution in [2.45, 2.75) is 58.4 Å². The summed E-state index contributed by atoms with van der Waals surface area (Å²) < 4.78 is 11.8. The maximum absolute atomic E-state index is 13.0. The van der Waals surface area contributed by atoms with Crippen LogP contribution in [-0.4, -0.2) is 81.6 Å². The largest absolute Gasteiger partial charge is 0.466 e. The average molecular weight is 615 g/mol. The molecule has 236 valence electrons. The Labute approximate surface area is 255 Å². The summed E-state index contributed by atoms with van der Waals surface area (Å²) in [5.41, 5.74) is -2.07. The molecule has 4 N–H and O–H groups in total. The Morgan fingerprint density at radius 2 is 1.21 bits per heavy atom. The maximum atomic E-state index is 13.0. The van der Waals surface area contributed by atoms with Crippen LogP contribution >= 0.6 is 0 Å². The summed E-state index contributed by atoms with van der Waals surface area (Å²) in [5.74, 6) is -2.25. The van der Waals surface area contributed by atoms with E-state index in [0.717, 1.165) is 10.4 Å². The number of amides is 2. The normalized spacial score (nSPS) is 12.0. The zero-order chi connectivity index (χ0) is 31.9. The number of carbonyl (C=O) groups is 4. The third-order valence-corrected chi connectivity index (χ3v) is 12.3. The van der Waals surface area contributed by atoms with Crippen molar-refractivity contribution in [2.24, 2.45) is 5.41 Å². The van der Waals surface area contributed by atoms with Gasteiger partial charge in [-0.2, -0.15) is 0 Å². The maximum Gasteiger partial charge on any atom is 0.306 e. The van der Waals surface area contributed by atoms with Gasteiger partial charge in [0.25, 0.3) is 8.32 Å². The van der Waals surface area contributed by atoms with E-state index in [0.29, 0.717) is 13.0 Å². The fraction of sp³-hybridized carbons (Fsp3) is 0.500. The zero-order valence-electron chi connectivity index (χ0n) is 25.7. The highest BCUT2D eigenvalue weighted by Crippen LogP contribution is 2.36. The van der Waals surface area contributed by atoms with Gasteiger partial charge < -0.3 is 34.8 Å². The molecule has 0 spiro atoms. The van der Waals surface area contributed by atoms with Gasteiger partial charge in [-0.3, -0.25) is 14.4 Å². The molecule has 0 aliphatic heterocycles. The lowest BCUT2D eigenvalue weighted by molar-refractivity contribution is -0.149. The fourth-order valence-electron chi connectivity index (χ4n) is 4.85. The van der Waals surface area contributed by atoms with E-state index in [9.17, 15) is 29.4 Å². The predicted molar refractivity (Wildman–Crippen MR) is 166 cm³/mol. The van der Waals surface area contributed by atoms with Crippen molar-refractivity contribution in [1.82, 2.24) is 10.6 Å². The van der Waals surface area contributed by atoms with Gasteiger partial charge in [0.1, 0.15) is 5.78 Å². The second-order valence-electron chi connectivity index (χ2n) is 11.6. The minimum atomic E-state index is -2.74. The minimum Gasteiger partial charge on any atom is -0.466 e. The molecule has 0 bridgehead atoms. The van der Waals surface area contributed by atoms with E-state index in [1.165, 1.54) is 6.92 Å². The standard InChI is InChI=1S/C32H46N2O8Si/c1-25(37)17-18-28(38)41-21-11-19-33-29(39)32(23-35,24-36)30(40)34-20-12-22-42-43(31(2,3)4,26-13-7-5-8-14-26)27-15-9-6-10-16-27/h5-10,13-16,35-36H,11-12,17-24H2,1-4H3,(H,33,39)(H,34,40). The number of nitrogens with one attached hydrogen (secondary N) is 2. The summed E-state index contributed by atoms with van der Waals surface area (Å²) in [6, 6.07) is 20.4. The van der Waals surface area contributed by atoms with Gasteiger partial charge in [0, 0.05) is 26.1 Å². The Morgan fingerprint density at radius 3 is 1.63 bits per heavy atom. The number of Topliss-reactive ketones (excluding diaryl/α,β-unsaturated/α-hetero) is 1. The fourth-order valence-corrected chi connectivity index (χ4v) is 9.46. The van der Waals surface area contributed by atoms with Crippen molar-refractivity contribution < 1.29 is 38.6 Å². The van der Waals surface area contributed by atoms with Crippen molar-refractivity contribution in [3.63, 3.8) is 0 Å². The molecule has 0 aliphatic carbocycles. The molecule has 0 aromatic heterocycles. The van der Waals surface area contributed by atoms with Crippen LogP contribution in [0.15, 0.2) is 60.7 Å². The molecule has 43 heavy (non-hydrogen) atoms. The summed E-state index contributed by atoms with van der Waals surface area (Å²) >= 11 is 0. The number of esters is 1. The molecular formula is C32H46N2O8Si. The topological polar surface area (TPSA) is 151 Å². The number of ether oxygens (including phenoxy) is 1. The first-order valence-corrected chi connectivity index (χ1v) is 16.5. The second-order valence-corrected chi connectivity index (χ2v) is 15.9. The molecule has 0 aliphatic rings. The molecule has 0 saturated carbocycles. The van der Waals surface area contributed by atoms with Gasteiger partial charge in [-0.05, 0) is 35.2 Å². The first-order chi connectivity index (χ1) is 20.4. The van der Waals surface area contributed by atoms with E-state index >= 15 is 0 Å². The summed E-state index contributed by atoms with van der Waals surface area (Å²) in [4.78, 5) is 48.4. The molecule has 2 aromatic carbocycles. The van der Waals surface area contributed by atoms with Gasteiger partial charge in [-0.15, -0.1) is 0 Å². The SMILES string of the molecule is CC(=O)CCC(=O)OCCCNC(=O)C(CO)(CO)C(=O)NCCCO[Si](c1ccccc1)(c1ccccc1)C(C)(C)C. The lowest BCUT2D eigenvalue weighted by Gasteiger charge is -2.43. The third kappa shape index (κ3) is 9.55. The molecule has 2 amide bonds. The second kappa shape index (κ2) is 17.0. The lowest BCUT2D eigenvalue weighted by atomic mass is 9.87. The number of hydrogen-bond donors (Lipinski definition) is 4. The van der Waals surface area contributed by atoms with Crippen LogP contribution in [0.4, 0.5) is 0 Å². The summed E-state index contributed by atoms with van der Waals surface area (Å²) in [6.45, 7) is 6.72. The predicted octanol–water partition coefficient (Wildman–Crippen LogP) is 1.46. The van der Waals surface area contributed by atoms with Crippen LogP contribution in [0.25, 0.3) is 0 Å². The highest BCUT2D eigenvalue weighted by atomic mass is 28.4. The molecule has 0 saturated heterocycles. The van der Waals surface area contributed by atoms with Gasteiger partial charge in [0.05, 0.1) is 26.2 Å². The summed E-state index contributed by atoms with van der Waals surface area (Å²) in [6.07, 6.45) is 0.792. The lowest BCUT2D eigenvalue weighted by Crippen LogP contribution is -2.66. The van der Waals surface area contributed by atoms with Gasteiger partial charge in [0.15, 0.2) is 5.41 Å². The Morgan fingerprint density at radius 1 is 0.744 bits per heavy atom. The monoisotopic (exact) mass is 614 g/mol. The summed E-state index contributed by atoms with van der Waals surface area (Å²) in [5, 5.41) is 27.2. The highest BCUT2D eigenvalue weighted by molar-refractivity contribution is 6.99. The first kappa shape index (κ1) is 35.8. The number of carbonyl (C=O) groups excluding carboxylic acids is 4. The average Bonchev–Trinajstić information content (AvgIpc) is 2.99. The molecule has 2 aromatic rings. The van der Waals surface area contributed by atoms with E-state index in [2.05, 4.69) is 55.7 Å². The third-order valence-electron chi connectivity index (χ3n) is 7.30. The van der Waals surface area contributed by atoms with Crippen molar-refractivity contribution in [2.75, 3.05) is 39.5 Å². The number of benzene rings is 2.